The van der Waals surface area contributed by atoms with E-state index in [0.717, 1.165) is 13.0 Å². The minimum absolute atomic E-state index is 0.00653. The van der Waals surface area contributed by atoms with Crippen molar-refractivity contribution in [2.75, 3.05) is 13.2 Å². The van der Waals surface area contributed by atoms with Gasteiger partial charge < -0.3 is 10.5 Å². The Kier molecular flexibility index (Phi) is 3.23. The summed E-state index contributed by atoms with van der Waals surface area (Å²) in [4.78, 5) is 0. The van der Waals surface area contributed by atoms with E-state index in [4.69, 9.17) is 10.5 Å². The van der Waals surface area contributed by atoms with Crippen molar-refractivity contribution in [2.24, 2.45) is 17.1 Å². The summed E-state index contributed by atoms with van der Waals surface area (Å²) in [6, 6.07) is 0. The van der Waals surface area contributed by atoms with E-state index in [9.17, 15) is 8.78 Å². The zero-order chi connectivity index (χ0) is 11.8. The van der Waals surface area contributed by atoms with Gasteiger partial charge in [0.2, 0.25) is 5.92 Å². The van der Waals surface area contributed by atoms with Gasteiger partial charge in [0.1, 0.15) is 0 Å². The lowest BCUT2D eigenvalue weighted by atomic mass is 9.63. The predicted octanol–water partition coefficient (Wildman–Crippen LogP) is 2.57. The van der Waals surface area contributed by atoms with Crippen LogP contribution in [-0.4, -0.2) is 25.2 Å². The average Bonchev–Trinajstić information content (AvgIpc) is 2.66. The number of nitrogens with two attached hydrogens (primary N) is 1. The normalized spacial score (nSPS) is 37.5. The summed E-state index contributed by atoms with van der Waals surface area (Å²) in [6.45, 7) is 3.31. The van der Waals surface area contributed by atoms with Gasteiger partial charge in [-0.1, -0.05) is 0 Å². The molecular formula is C12H21F2NO. The Hall–Kier alpha value is -0.220. The largest absolute Gasteiger partial charge is 0.378 e. The number of hydrogen-bond donors (Lipinski definition) is 1. The highest BCUT2D eigenvalue weighted by molar-refractivity contribution is 4.97. The van der Waals surface area contributed by atoms with Crippen molar-refractivity contribution in [1.82, 2.24) is 0 Å². The first-order valence-electron chi connectivity index (χ1n) is 6.19. The number of rotatable bonds is 2. The van der Waals surface area contributed by atoms with Crippen LogP contribution in [0.4, 0.5) is 8.78 Å². The fourth-order valence-electron chi connectivity index (χ4n) is 3.38. The van der Waals surface area contributed by atoms with Crippen molar-refractivity contribution in [3.05, 3.63) is 0 Å². The number of hydrogen-bond acceptors (Lipinski definition) is 2. The van der Waals surface area contributed by atoms with Crippen molar-refractivity contribution in [3.8, 4) is 0 Å². The second-order valence-electron chi connectivity index (χ2n) is 5.39. The molecule has 0 aromatic rings. The molecule has 2 unspecified atom stereocenters. The van der Waals surface area contributed by atoms with E-state index in [-0.39, 0.29) is 24.4 Å². The molecule has 16 heavy (non-hydrogen) atoms. The Balaban J connectivity index is 2.09. The van der Waals surface area contributed by atoms with Crippen molar-refractivity contribution < 1.29 is 13.5 Å². The fraction of sp³-hybridized carbons (Fsp3) is 1.00. The highest BCUT2D eigenvalue weighted by atomic mass is 19.3. The minimum Gasteiger partial charge on any atom is -0.378 e. The Morgan fingerprint density at radius 1 is 1.25 bits per heavy atom. The molecule has 0 bridgehead atoms. The van der Waals surface area contributed by atoms with Gasteiger partial charge in [0, 0.05) is 19.4 Å². The first-order chi connectivity index (χ1) is 7.49. The van der Waals surface area contributed by atoms with E-state index in [1.54, 1.807) is 0 Å². The summed E-state index contributed by atoms with van der Waals surface area (Å²) in [5, 5.41) is 0. The smallest absolute Gasteiger partial charge is 0.248 e. The van der Waals surface area contributed by atoms with E-state index in [1.165, 1.54) is 0 Å². The molecular weight excluding hydrogens is 212 g/mol. The second-order valence-corrected chi connectivity index (χ2v) is 5.39. The van der Waals surface area contributed by atoms with Gasteiger partial charge >= 0.3 is 0 Å². The van der Waals surface area contributed by atoms with E-state index >= 15 is 0 Å². The predicted molar refractivity (Wildman–Crippen MR) is 58.4 cm³/mol. The maximum Gasteiger partial charge on any atom is 0.248 e. The second kappa shape index (κ2) is 4.22. The van der Waals surface area contributed by atoms with Gasteiger partial charge in [-0.05, 0) is 44.1 Å². The molecule has 94 valence electrons. The molecule has 2 N–H and O–H groups in total. The van der Waals surface area contributed by atoms with Crippen LogP contribution in [0.15, 0.2) is 0 Å². The van der Waals surface area contributed by atoms with Crippen LogP contribution >= 0.6 is 0 Å². The third kappa shape index (κ3) is 2.09. The van der Waals surface area contributed by atoms with Gasteiger partial charge in [-0.15, -0.1) is 0 Å². The van der Waals surface area contributed by atoms with Crippen LogP contribution < -0.4 is 5.73 Å². The lowest BCUT2D eigenvalue weighted by Crippen LogP contribution is -2.46. The zero-order valence-corrected chi connectivity index (χ0v) is 9.85. The molecule has 0 aromatic carbocycles. The maximum absolute atomic E-state index is 13.2. The fourth-order valence-corrected chi connectivity index (χ4v) is 3.38. The molecule has 1 heterocycles. The Morgan fingerprint density at radius 3 is 2.31 bits per heavy atom. The molecule has 1 saturated heterocycles. The van der Waals surface area contributed by atoms with E-state index < -0.39 is 5.92 Å². The lowest BCUT2D eigenvalue weighted by molar-refractivity contribution is -0.0852. The van der Waals surface area contributed by atoms with Crippen LogP contribution in [0, 0.1) is 11.3 Å². The summed E-state index contributed by atoms with van der Waals surface area (Å²) in [5.74, 6) is -2.10. The number of ether oxygens (including phenoxy) is 1. The van der Waals surface area contributed by atoms with E-state index in [0.29, 0.717) is 25.3 Å². The molecule has 1 aliphatic carbocycles. The molecule has 0 amide bonds. The third-order valence-corrected chi connectivity index (χ3v) is 4.55. The van der Waals surface area contributed by atoms with E-state index in [2.05, 4.69) is 0 Å². The maximum atomic E-state index is 13.2. The third-order valence-electron chi connectivity index (χ3n) is 4.55. The monoisotopic (exact) mass is 233 g/mol. The van der Waals surface area contributed by atoms with Crippen LogP contribution in [0.3, 0.4) is 0 Å². The highest BCUT2D eigenvalue weighted by Crippen LogP contribution is 2.50. The van der Waals surface area contributed by atoms with Crippen LogP contribution in [0.1, 0.15) is 39.0 Å². The number of alkyl halides is 2. The summed E-state index contributed by atoms with van der Waals surface area (Å²) in [7, 11) is 0. The summed E-state index contributed by atoms with van der Waals surface area (Å²) < 4.78 is 31.9. The van der Waals surface area contributed by atoms with Crippen LogP contribution in [-0.2, 0) is 4.74 Å². The molecule has 2 aliphatic rings. The van der Waals surface area contributed by atoms with Crippen LogP contribution in [0.25, 0.3) is 0 Å². The Morgan fingerprint density at radius 2 is 1.88 bits per heavy atom. The molecule has 4 heteroatoms. The molecule has 1 aliphatic heterocycles. The van der Waals surface area contributed by atoms with Gasteiger partial charge in [-0.25, -0.2) is 8.78 Å². The van der Waals surface area contributed by atoms with Gasteiger partial charge in [0.15, 0.2) is 0 Å². The summed E-state index contributed by atoms with van der Waals surface area (Å²) in [5.41, 5.74) is 5.77. The first-order valence-corrected chi connectivity index (χ1v) is 6.19. The van der Waals surface area contributed by atoms with Crippen molar-refractivity contribution in [2.45, 2.75) is 51.1 Å². The molecule has 1 saturated carbocycles. The molecule has 0 radical (unpaired) electrons. The molecule has 2 nitrogen and oxygen atoms in total. The van der Waals surface area contributed by atoms with Gasteiger partial charge in [-0.3, -0.25) is 0 Å². The Labute approximate surface area is 95.5 Å². The quantitative estimate of drug-likeness (QED) is 0.795. The molecule has 0 spiro atoms. The summed E-state index contributed by atoms with van der Waals surface area (Å²) in [6.07, 6.45) is 2.24. The minimum atomic E-state index is -2.47. The SMILES string of the molecule is CC1OCCC1C1(CN)CCC(F)(F)CC1. The Bertz CT molecular complexity index is 247. The highest BCUT2D eigenvalue weighted by Gasteiger charge is 2.49. The standard InChI is InChI=1S/C12H21F2NO/c1-9-10(2-7-16-9)11(8-15)3-5-12(13,14)6-4-11/h9-10H,2-8,15H2,1H3. The van der Waals surface area contributed by atoms with Crippen molar-refractivity contribution in [3.63, 3.8) is 0 Å². The van der Waals surface area contributed by atoms with Crippen molar-refractivity contribution in [1.29, 1.82) is 0 Å². The van der Waals surface area contributed by atoms with Gasteiger partial charge in [0.25, 0.3) is 0 Å². The van der Waals surface area contributed by atoms with Gasteiger partial charge in [0.05, 0.1) is 6.10 Å². The van der Waals surface area contributed by atoms with Crippen LogP contribution in [0.2, 0.25) is 0 Å². The molecule has 2 rings (SSSR count). The lowest BCUT2D eigenvalue weighted by Gasteiger charge is -2.44. The molecule has 0 aromatic heterocycles. The molecule has 2 atom stereocenters. The molecule has 2 fully saturated rings. The summed E-state index contributed by atoms with van der Waals surface area (Å²) >= 11 is 0. The van der Waals surface area contributed by atoms with Crippen molar-refractivity contribution >= 4 is 0 Å². The zero-order valence-electron chi connectivity index (χ0n) is 9.85. The average molecular weight is 233 g/mol. The van der Waals surface area contributed by atoms with E-state index in [1.807, 2.05) is 6.92 Å². The van der Waals surface area contributed by atoms with Gasteiger partial charge in [-0.2, -0.15) is 0 Å². The first kappa shape index (κ1) is 12.2. The number of halogens is 2. The topological polar surface area (TPSA) is 35.2 Å². The van der Waals surface area contributed by atoms with Crippen LogP contribution in [0.5, 0.6) is 0 Å².